The number of hydrogen-bond donors (Lipinski definition) is 1. The van der Waals surface area contributed by atoms with Crippen molar-refractivity contribution in [2.45, 2.75) is 19.4 Å². The summed E-state index contributed by atoms with van der Waals surface area (Å²) in [6, 6.07) is 10.8. The van der Waals surface area contributed by atoms with E-state index in [0.717, 1.165) is 31.2 Å². The maximum atomic E-state index is 5.98. The monoisotopic (exact) mass is 323 g/mol. The van der Waals surface area contributed by atoms with Crippen LogP contribution in [0.4, 0.5) is 0 Å². The summed E-state index contributed by atoms with van der Waals surface area (Å²) in [7, 11) is 0. The van der Waals surface area contributed by atoms with E-state index in [1.54, 1.807) is 11.3 Å². The van der Waals surface area contributed by atoms with Crippen molar-refractivity contribution in [1.29, 1.82) is 0 Å². The van der Waals surface area contributed by atoms with Gasteiger partial charge in [-0.25, -0.2) is 4.98 Å². The van der Waals surface area contributed by atoms with Gasteiger partial charge < -0.3 is 5.73 Å². The zero-order valence-corrected chi connectivity index (χ0v) is 13.9. The normalized spacial score (nSPS) is 22.2. The molecule has 0 unspecified atom stereocenters. The summed E-state index contributed by atoms with van der Waals surface area (Å²) in [5, 5.41) is 1.15. The summed E-state index contributed by atoms with van der Waals surface area (Å²) in [5.74, 6) is 1.13. The molecule has 3 nitrogen and oxygen atoms in total. The van der Waals surface area contributed by atoms with Gasteiger partial charge in [-0.1, -0.05) is 30.3 Å². The van der Waals surface area contributed by atoms with E-state index in [1.165, 1.54) is 10.4 Å². The van der Waals surface area contributed by atoms with Crippen LogP contribution in [0.15, 0.2) is 36.5 Å². The van der Waals surface area contributed by atoms with Crippen molar-refractivity contribution < 1.29 is 0 Å². The van der Waals surface area contributed by atoms with E-state index in [4.69, 9.17) is 5.73 Å². The van der Waals surface area contributed by atoms with Crippen molar-refractivity contribution >= 4 is 23.7 Å². The molecule has 0 amide bonds. The Morgan fingerprint density at radius 3 is 2.67 bits per heavy atom. The molecule has 114 valence electrons. The van der Waals surface area contributed by atoms with Crippen LogP contribution in [0.3, 0.4) is 0 Å². The summed E-state index contributed by atoms with van der Waals surface area (Å²) >= 11 is 1.80. The molecule has 2 aromatic rings. The van der Waals surface area contributed by atoms with Crippen molar-refractivity contribution in [3.63, 3.8) is 0 Å². The number of likely N-dealkylation sites (tertiary alicyclic amines) is 1. The Labute approximate surface area is 136 Å². The number of benzene rings is 1. The minimum absolute atomic E-state index is 0. The van der Waals surface area contributed by atoms with Gasteiger partial charge in [0.05, 0.1) is 5.01 Å². The Kier molecular flexibility index (Phi) is 5.76. The Morgan fingerprint density at radius 2 is 2.05 bits per heavy atom. The summed E-state index contributed by atoms with van der Waals surface area (Å²) < 4.78 is 0. The van der Waals surface area contributed by atoms with Gasteiger partial charge in [0.15, 0.2) is 0 Å². The number of halogens is 1. The molecule has 0 aliphatic carbocycles. The highest BCUT2D eigenvalue weighted by molar-refractivity contribution is 7.11. The molecule has 1 aliphatic heterocycles. The predicted octanol–water partition coefficient (Wildman–Crippen LogP) is 3.05. The molecule has 5 heteroatoms. The highest BCUT2D eigenvalue weighted by Crippen LogP contribution is 2.33. The van der Waals surface area contributed by atoms with Crippen LogP contribution in [0.1, 0.15) is 21.4 Å². The van der Waals surface area contributed by atoms with Crippen LogP contribution < -0.4 is 5.73 Å². The molecular formula is C16H22ClN3S. The van der Waals surface area contributed by atoms with Crippen molar-refractivity contribution in [3.8, 4) is 0 Å². The average molecular weight is 324 g/mol. The topological polar surface area (TPSA) is 42.2 Å². The second-order valence-corrected chi connectivity index (χ2v) is 6.87. The van der Waals surface area contributed by atoms with Crippen molar-refractivity contribution in [2.24, 2.45) is 11.7 Å². The van der Waals surface area contributed by atoms with E-state index in [-0.39, 0.29) is 12.4 Å². The summed E-state index contributed by atoms with van der Waals surface area (Å²) in [6.45, 7) is 6.02. The van der Waals surface area contributed by atoms with Crippen LogP contribution >= 0.6 is 23.7 Å². The largest absolute Gasteiger partial charge is 0.330 e. The maximum absolute atomic E-state index is 5.98. The van der Waals surface area contributed by atoms with E-state index < -0.39 is 0 Å². The second kappa shape index (κ2) is 7.36. The molecule has 0 bridgehead atoms. The third-order valence-corrected chi connectivity index (χ3v) is 4.99. The number of hydrogen-bond acceptors (Lipinski definition) is 4. The average Bonchev–Trinajstić information content (AvgIpc) is 3.06. The van der Waals surface area contributed by atoms with Crippen LogP contribution in [0, 0.1) is 12.8 Å². The molecule has 1 aliphatic rings. The van der Waals surface area contributed by atoms with Gasteiger partial charge in [0.1, 0.15) is 0 Å². The number of aryl methyl sites for hydroxylation is 1. The lowest BCUT2D eigenvalue weighted by molar-refractivity contribution is 0.319. The standard InChI is InChI=1S/C16H21N3S.ClH/c1-12-18-8-15(20-12)10-19-9-14(7-17)16(11-19)13-5-3-2-4-6-13;/h2-6,8,14,16H,7,9-11,17H2,1H3;1H/t14-,16+;/m1./s1. The molecular weight excluding hydrogens is 302 g/mol. The fourth-order valence-corrected chi connectivity index (χ4v) is 3.94. The van der Waals surface area contributed by atoms with Crippen molar-refractivity contribution in [1.82, 2.24) is 9.88 Å². The minimum atomic E-state index is 0. The molecule has 1 fully saturated rings. The molecule has 1 saturated heterocycles. The van der Waals surface area contributed by atoms with Gasteiger partial charge in [-0.05, 0) is 24.9 Å². The van der Waals surface area contributed by atoms with Crippen LogP contribution in [0.5, 0.6) is 0 Å². The first-order valence-corrected chi connectivity index (χ1v) is 7.96. The van der Waals surface area contributed by atoms with Crippen molar-refractivity contribution in [3.05, 3.63) is 52.0 Å². The third-order valence-electron chi connectivity index (χ3n) is 4.10. The van der Waals surface area contributed by atoms with Crippen LogP contribution in [0.25, 0.3) is 0 Å². The Balaban J connectivity index is 0.00000161. The van der Waals surface area contributed by atoms with E-state index in [2.05, 4.69) is 47.1 Å². The minimum Gasteiger partial charge on any atom is -0.330 e. The lowest BCUT2D eigenvalue weighted by Gasteiger charge is -2.16. The smallest absolute Gasteiger partial charge is 0.0897 e. The molecule has 2 N–H and O–H groups in total. The first-order valence-electron chi connectivity index (χ1n) is 7.15. The van der Waals surface area contributed by atoms with E-state index >= 15 is 0 Å². The molecule has 0 spiro atoms. The second-order valence-electron chi connectivity index (χ2n) is 5.55. The van der Waals surface area contributed by atoms with Gasteiger partial charge in [0, 0.05) is 36.6 Å². The van der Waals surface area contributed by atoms with Crippen molar-refractivity contribution in [2.75, 3.05) is 19.6 Å². The number of nitrogens with zero attached hydrogens (tertiary/aromatic N) is 2. The lowest BCUT2D eigenvalue weighted by atomic mass is 9.89. The summed E-state index contributed by atoms with van der Waals surface area (Å²) in [5.41, 5.74) is 7.41. The van der Waals surface area contributed by atoms with Gasteiger partial charge >= 0.3 is 0 Å². The number of aromatic nitrogens is 1. The van der Waals surface area contributed by atoms with E-state index in [9.17, 15) is 0 Å². The quantitative estimate of drug-likeness (QED) is 0.940. The highest BCUT2D eigenvalue weighted by Gasteiger charge is 2.32. The maximum Gasteiger partial charge on any atom is 0.0897 e. The Hall–Kier alpha value is -0.940. The zero-order valence-electron chi connectivity index (χ0n) is 12.2. The van der Waals surface area contributed by atoms with Crippen LogP contribution in [-0.2, 0) is 6.54 Å². The molecule has 0 radical (unpaired) electrons. The number of nitrogens with two attached hydrogens (primary N) is 1. The Morgan fingerprint density at radius 1 is 1.29 bits per heavy atom. The van der Waals surface area contributed by atoms with Gasteiger partial charge in [0.25, 0.3) is 0 Å². The van der Waals surface area contributed by atoms with Crippen LogP contribution in [0.2, 0.25) is 0 Å². The summed E-state index contributed by atoms with van der Waals surface area (Å²) in [6.07, 6.45) is 2.01. The molecule has 3 rings (SSSR count). The first kappa shape index (κ1) is 16.4. The van der Waals surface area contributed by atoms with Crippen LogP contribution in [-0.4, -0.2) is 29.5 Å². The van der Waals surface area contributed by atoms with Gasteiger partial charge in [-0.3, -0.25) is 4.90 Å². The molecule has 2 heterocycles. The number of rotatable bonds is 4. The van der Waals surface area contributed by atoms with Gasteiger partial charge in [-0.15, -0.1) is 23.7 Å². The molecule has 1 aromatic heterocycles. The SMILES string of the molecule is Cc1ncc(CN2C[C@@H](CN)[C@H](c3ccccc3)C2)s1.Cl. The summed E-state index contributed by atoms with van der Waals surface area (Å²) in [4.78, 5) is 8.21. The third kappa shape index (κ3) is 3.83. The van der Waals surface area contributed by atoms with Gasteiger partial charge in [-0.2, -0.15) is 0 Å². The molecule has 2 atom stereocenters. The fraction of sp³-hybridized carbons (Fsp3) is 0.438. The predicted molar refractivity (Wildman–Crippen MR) is 91.1 cm³/mol. The van der Waals surface area contributed by atoms with Gasteiger partial charge in [0.2, 0.25) is 0 Å². The molecule has 1 aromatic carbocycles. The fourth-order valence-electron chi connectivity index (χ4n) is 3.11. The first-order chi connectivity index (χ1) is 9.76. The molecule has 0 saturated carbocycles. The highest BCUT2D eigenvalue weighted by atomic mass is 35.5. The Bertz CT molecular complexity index is 558. The number of thiazole rings is 1. The van der Waals surface area contributed by atoms with E-state index in [0.29, 0.717) is 11.8 Å². The molecule has 21 heavy (non-hydrogen) atoms. The zero-order chi connectivity index (χ0) is 13.9. The lowest BCUT2D eigenvalue weighted by Crippen LogP contribution is -2.22. The van der Waals surface area contributed by atoms with E-state index in [1.807, 2.05) is 6.20 Å².